The van der Waals surface area contributed by atoms with E-state index in [0.717, 1.165) is 12.1 Å². The molecule has 0 spiro atoms. The Bertz CT molecular complexity index is 544. The standard InChI is InChI=1S/C17H22N2O/c1-13-16-6-5-14(12-19-8-3-4-9-19)11-15(16)7-10-18(2)17(13)20/h5-7,10-11,13H,3-4,8-9,12H2,1-2H3/t13-/m1/s1. The van der Waals surface area contributed by atoms with Crippen molar-refractivity contribution in [3.63, 3.8) is 0 Å². The highest BCUT2D eigenvalue weighted by atomic mass is 16.2. The average Bonchev–Trinajstić information content (AvgIpc) is 2.93. The van der Waals surface area contributed by atoms with Crippen molar-refractivity contribution >= 4 is 12.0 Å². The molecular formula is C17H22N2O. The Balaban J connectivity index is 1.88. The highest BCUT2D eigenvalue weighted by Crippen LogP contribution is 2.27. The van der Waals surface area contributed by atoms with E-state index in [0.29, 0.717) is 0 Å². The summed E-state index contributed by atoms with van der Waals surface area (Å²) in [5, 5.41) is 0. The molecular weight excluding hydrogens is 248 g/mol. The van der Waals surface area contributed by atoms with Crippen LogP contribution in [0.15, 0.2) is 24.4 Å². The second kappa shape index (κ2) is 5.41. The zero-order valence-electron chi connectivity index (χ0n) is 12.3. The number of nitrogens with zero attached hydrogens (tertiary/aromatic N) is 2. The smallest absolute Gasteiger partial charge is 0.233 e. The van der Waals surface area contributed by atoms with E-state index in [2.05, 4.69) is 29.2 Å². The number of likely N-dealkylation sites (N-methyl/N-ethyl adjacent to an activating group) is 1. The molecule has 3 rings (SSSR count). The quantitative estimate of drug-likeness (QED) is 0.825. The van der Waals surface area contributed by atoms with E-state index in [1.807, 2.05) is 20.2 Å². The largest absolute Gasteiger partial charge is 0.322 e. The summed E-state index contributed by atoms with van der Waals surface area (Å²) in [6.07, 6.45) is 6.58. The first-order valence-electron chi connectivity index (χ1n) is 7.45. The monoisotopic (exact) mass is 270 g/mol. The highest BCUT2D eigenvalue weighted by Gasteiger charge is 2.23. The van der Waals surface area contributed by atoms with Crippen LogP contribution in [0.5, 0.6) is 0 Å². The number of rotatable bonds is 2. The summed E-state index contributed by atoms with van der Waals surface area (Å²) in [7, 11) is 1.83. The van der Waals surface area contributed by atoms with E-state index in [-0.39, 0.29) is 11.8 Å². The van der Waals surface area contributed by atoms with Gasteiger partial charge in [0.15, 0.2) is 0 Å². The fraction of sp³-hybridized carbons (Fsp3) is 0.471. The van der Waals surface area contributed by atoms with Crippen LogP contribution in [0, 0.1) is 0 Å². The van der Waals surface area contributed by atoms with E-state index in [9.17, 15) is 4.79 Å². The number of carbonyl (C=O) groups is 1. The zero-order chi connectivity index (χ0) is 14.1. The number of hydrogen-bond donors (Lipinski definition) is 0. The lowest BCUT2D eigenvalue weighted by Crippen LogP contribution is -2.24. The number of benzene rings is 1. The van der Waals surface area contributed by atoms with Crippen LogP contribution in [0.25, 0.3) is 6.08 Å². The van der Waals surface area contributed by atoms with E-state index in [1.54, 1.807) is 4.90 Å². The number of amides is 1. The van der Waals surface area contributed by atoms with Gasteiger partial charge in [0.2, 0.25) is 5.91 Å². The minimum Gasteiger partial charge on any atom is -0.322 e. The van der Waals surface area contributed by atoms with Gasteiger partial charge in [0.25, 0.3) is 0 Å². The first-order chi connectivity index (χ1) is 9.65. The van der Waals surface area contributed by atoms with Gasteiger partial charge < -0.3 is 4.90 Å². The lowest BCUT2D eigenvalue weighted by atomic mass is 9.94. The molecule has 20 heavy (non-hydrogen) atoms. The Hall–Kier alpha value is -1.61. The van der Waals surface area contributed by atoms with E-state index < -0.39 is 0 Å². The first kappa shape index (κ1) is 13.4. The van der Waals surface area contributed by atoms with Crippen LogP contribution in [0.1, 0.15) is 42.4 Å². The van der Waals surface area contributed by atoms with Gasteiger partial charge in [-0.25, -0.2) is 0 Å². The summed E-state index contributed by atoms with van der Waals surface area (Å²) >= 11 is 0. The summed E-state index contributed by atoms with van der Waals surface area (Å²) in [6, 6.07) is 6.56. The Morgan fingerprint density at radius 3 is 2.75 bits per heavy atom. The minimum atomic E-state index is -0.0640. The SMILES string of the molecule is C[C@H]1C(=O)N(C)C=Cc2cc(CN3CCCC3)ccc21. The number of hydrogen-bond acceptors (Lipinski definition) is 2. The van der Waals surface area contributed by atoms with Crippen molar-refractivity contribution < 1.29 is 4.79 Å². The van der Waals surface area contributed by atoms with E-state index in [1.165, 1.54) is 37.1 Å². The van der Waals surface area contributed by atoms with E-state index >= 15 is 0 Å². The van der Waals surface area contributed by atoms with Crippen molar-refractivity contribution in [3.05, 3.63) is 41.1 Å². The van der Waals surface area contributed by atoms with Crippen LogP contribution in [0.4, 0.5) is 0 Å². The molecule has 0 radical (unpaired) electrons. The Morgan fingerprint density at radius 2 is 2.00 bits per heavy atom. The molecule has 0 unspecified atom stereocenters. The fourth-order valence-electron chi connectivity index (χ4n) is 3.16. The Labute approximate surface area is 120 Å². The predicted molar refractivity (Wildman–Crippen MR) is 81.2 cm³/mol. The van der Waals surface area contributed by atoms with Gasteiger partial charge in [-0.1, -0.05) is 18.2 Å². The molecule has 0 aliphatic carbocycles. The van der Waals surface area contributed by atoms with Crippen LogP contribution in [-0.4, -0.2) is 35.8 Å². The predicted octanol–water partition coefficient (Wildman–Crippen LogP) is 2.83. The van der Waals surface area contributed by atoms with Crippen LogP contribution in [0.3, 0.4) is 0 Å². The molecule has 1 aromatic rings. The molecule has 106 valence electrons. The Morgan fingerprint density at radius 1 is 1.25 bits per heavy atom. The normalized spacial score (nSPS) is 23.0. The van der Waals surface area contributed by atoms with Crippen molar-refractivity contribution in [1.82, 2.24) is 9.80 Å². The third-order valence-corrected chi connectivity index (χ3v) is 4.42. The molecule has 3 nitrogen and oxygen atoms in total. The Kier molecular flexibility index (Phi) is 3.62. The van der Waals surface area contributed by atoms with Crippen molar-refractivity contribution in [2.45, 2.75) is 32.2 Å². The molecule has 2 aliphatic heterocycles. The van der Waals surface area contributed by atoms with Crippen LogP contribution in [-0.2, 0) is 11.3 Å². The van der Waals surface area contributed by atoms with Gasteiger partial charge in [0.05, 0.1) is 5.92 Å². The summed E-state index contributed by atoms with van der Waals surface area (Å²) in [5.41, 5.74) is 3.67. The van der Waals surface area contributed by atoms with E-state index in [4.69, 9.17) is 0 Å². The van der Waals surface area contributed by atoms with Crippen LogP contribution in [0.2, 0.25) is 0 Å². The van der Waals surface area contributed by atoms with Gasteiger partial charge in [0, 0.05) is 19.8 Å². The van der Waals surface area contributed by atoms with Crippen molar-refractivity contribution in [2.24, 2.45) is 0 Å². The van der Waals surface area contributed by atoms with Gasteiger partial charge in [-0.15, -0.1) is 0 Å². The maximum Gasteiger partial charge on any atom is 0.233 e. The fourth-order valence-corrected chi connectivity index (χ4v) is 3.16. The molecule has 2 heterocycles. The molecule has 0 bridgehead atoms. The van der Waals surface area contributed by atoms with Crippen molar-refractivity contribution in [2.75, 3.05) is 20.1 Å². The molecule has 3 heteroatoms. The van der Waals surface area contributed by atoms with Gasteiger partial charge in [-0.05, 0) is 55.6 Å². The average molecular weight is 270 g/mol. The van der Waals surface area contributed by atoms with Crippen LogP contribution < -0.4 is 0 Å². The molecule has 2 aliphatic rings. The summed E-state index contributed by atoms with van der Waals surface area (Å²) < 4.78 is 0. The number of fused-ring (bicyclic) bond motifs is 1. The second-order valence-electron chi connectivity index (χ2n) is 5.93. The number of carbonyl (C=O) groups excluding carboxylic acids is 1. The van der Waals surface area contributed by atoms with Crippen molar-refractivity contribution in [3.8, 4) is 0 Å². The summed E-state index contributed by atoms with van der Waals surface area (Å²) in [4.78, 5) is 16.3. The molecule has 0 aromatic heterocycles. The topological polar surface area (TPSA) is 23.6 Å². The molecule has 1 fully saturated rings. The minimum absolute atomic E-state index is 0.0640. The van der Waals surface area contributed by atoms with Gasteiger partial charge in [-0.2, -0.15) is 0 Å². The molecule has 0 saturated carbocycles. The molecule has 0 N–H and O–H groups in total. The molecule has 1 atom stereocenters. The van der Waals surface area contributed by atoms with Gasteiger partial charge >= 0.3 is 0 Å². The second-order valence-corrected chi connectivity index (χ2v) is 5.93. The third kappa shape index (κ3) is 2.50. The number of likely N-dealkylation sites (tertiary alicyclic amines) is 1. The lowest BCUT2D eigenvalue weighted by Gasteiger charge is -2.18. The summed E-state index contributed by atoms with van der Waals surface area (Å²) in [6.45, 7) is 5.44. The van der Waals surface area contributed by atoms with Gasteiger partial charge in [0.1, 0.15) is 0 Å². The van der Waals surface area contributed by atoms with Gasteiger partial charge in [-0.3, -0.25) is 9.69 Å². The first-order valence-corrected chi connectivity index (χ1v) is 7.45. The van der Waals surface area contributed by atoms with Crippen molar-refractivity contribution in [1.29, 1.82) is 0 Å². The zero-order valence-corrected chi connectivity index (χ0v) is 12.3. The summed E-state index contributed by atoms with van der Waals surface area (Å²) in [5.74, 6) is 0.0955. The maximum atomic E-state index is 12.1. The lowest BCUT2D eigenvalue weighted by molar-refractivity contribution is -0.128. The van der Waals surface area contributed by atoms with Crippen LogP contribution >= 0.6 is 0 Å². The molecule has 1 aromatic carbocycles. The maximum absolute atomic E-state index is 12.1. The third-order valence-electron chi connectivity index (χ3n) is 4.42. The molecule has 1 saturated heterocycles. The highest BCUT2D eigenvalue weighted by molar-refractivity contribution is 5.87. The molecule has 1 amide bonds.